The molecule has 2 aromatic carbocycles. The van der Waals surface area contributed by atoms with Gasteiger partial charge in [0.2, 0.25) is 0 Å². The normalized spacial score (nSPS) is 12.1. The summed E-state index contributed by atoms with van der Waals surface area (Å²) in [4.78, 5) is 24.8. The van der Waals surface area contributed by atoms with Gasteiger partial charge in [0.15, 0.2) is 0 Å². The third-order valence-corrected chi connectivity index (χ3v) is 5.14. The highest BCUT2D eigenvalue weighted by atomic mass is 32.1. The van der Waals surface area contributed by atoms with Crippen LogP contribution in [0.15, 0.2) is 53.9 Å². The summed E-state index contributed by atoms with van der Waals surface area (Å²) in [6.07, 6.45) is 0. The fourth-order valence-corrected chi connectivity index (χ4v) is 3.48. The fraction of sp³-hybridized carbons (Fsp3) is 0.190. The minimum absolute atomic E-state index is 0.178. The second-order valence-electron chi connectivity index (χ2n) is 6.51. The Labute approximate surface area is 166 Å². The van der Waals surface area contributed by atoms with Crippen molar-refractivity contribution in [3.05, 3.63) is 76.0 Å². The number of nitrogens with one attached hydrogen (secondary N) is 2. The lowest BCUT2D eigenvalue weighted by atomic mass is 10.2. The van der Waals surface area contributed by atoms with Crippen molar-refractivity contribution in [3.63, 3.8) is 0 Å². The summed E-state index contributed by atoms with van der Waals surface area (Å²) in [6, 6.07) is 14.7. The van der Waals surface area contributed by atoms with Crippen LogP contribution in [0.25, 0.3) is 11.0 Å². The molecule has 1 atom stereocenters. The number of H-pyrrole nitrogens is 1. The number of thiazole rings is 1. The van der Waals surface area contributed by atoms with Crippen LogP contribution in [0.2, 0.25) is 0 Å². The maximum absolute atomic E-state index is 12.7. The number of aromatic nitrogens is 3. The second kappa shape index (κ2) is 7.82. The molecule has 6 nitrogen and oxygen atoms in total. The third kappa shape index (κ3) is 4.04. The van der Waals surface area contributed by atoms with Gasteiger partial charge in [-0.1, -0.05) is 18.2 Å². The third-order valence-electron chi connectivity index (χ3n) is 4.31. The number of nitrogens with zero attached hydrogens (tertiary/aromatic N) is 2. The topological polar surface area (TPSA) is 79.9 Å². The van der Waals surface area contributed by atoms with Crippen molar-refractivity contribution in [3.8, 4) is 5.75 Å². The van der Waals surface area contributed by atoms with E-state index in [4.69, 9.17) is 4.74 Å². The fourth-order valence-electron chi connectivity index (χ4n) is 2.88. The molecule has 28 heavy (non-hydrogen) atoms. The molecule has 1 unspecified atom stereocenters. The van der Waals surface area contributed by atoms with Crippen LogP contribution in [0.3, 0.4) is 0 Å². The number of carbonyl (C=O) groups excluding carboxylic acids is 1. The van der Waals surface area contributed by atoms with E-state index in [1.54, 1.807) is 23.5 Å². The molecular weight excluding hydrogens is 372 g/mol. The quantitative estimate of drug-likeness (QED) is 0.510. The van der Waals surface area contributed by atoms with Gasteiger partial charge in [0, 0.05) is 10.9 Å². The number of benzene rings is 2. The predicted octanol–water partition coefficient (Wildman–Crippen LogP) is 4.40. The van der Waals surface area contributed by atoms with E-state index in [-0.39, 0.29) is 11.9 Å². The number of aryl methyl sites for hydroxylation is 1. The highest BCUT2D eigenvalue weighted by Gasteiger charge is 2.15. The van der Waals surface area contributed by atoms with Crippen LogP contribution in [0.1, 0.15) is 39.8 Å². The van der Waals surface area contributed by atoms with Gasteiger partial charge in [0.25, 0.3) is 5.91 Å². The molecule has 0 spiro atoms. The smallest absolute Gasteiger partial charge is 0.251 e. The molecule has 0 saturated carbocycles. The number of amides is 1. The number of fused-ring (bicyclic) bond motifs is 1. The molecule has 0 aliphatic rings. The Morgan fingerprint density at radius 1 is 1.21 bits per heavy atom. The van der Waals surface area contributed by atoms with E-state index in [1.165, 1.54) is 0 Å². The van der Waals surface area contributed by atoms with E-state index in [0.717, 1.165) is 27.6 Å². The summed E-state index contributed by atoms with van der Waals surface area (Å²) >= 11 is 1.59. The molecule has 1 amide bonds. The standard InChI is InChI=1S/C21H20N4O2S/c1-13(20-24-18-8-3-4-9-19(18)25-20)22-21(26)15-6-5-7-17(10-15)27-11-16-12-28-14(2)23-16/h3-10,12-13H,11H2,1-2H3,(H,22,26)(H,24,25). The molecule has 0 aliphatic heterocycles. The minimum Gasteiger partial charge on any atom is -0.487 e. The largest absolute Gasteiger partial charge is 0.487 e. The number of hydrogen-bond donors (Lipinski definition) is 2. The molecular formula is C21H20N4O2S. The van der Waals surface area contributed by atoms with Crippen molar-refractivity contribution in [1.82, 2.24) is 20.3 Å². The van der Waals surface area contributed by atoms with Crippen molar-refractivity contribution in [2.24, 2.45) is 0 Å². The Hall–Kier alpha value is -3.19. The zero-order valence-electron chi connectivity index (χ0n) is 15.6. The molecule has 0 radical (unpaired) electrons. The number of hydrogen-bond acceptors (Lipinski definition) is 5. The Morgan fingerprint density at radius 3 is 2.86 bits per heavy atom. The van der Waals surface area contributed by atoms with Crippen LogP contribution in [-0.2, 0) is 6.61 Å². The molecule has 2 N–H and O–H groups in total. The molecule has 4 aromatic rings. The summed E-state index contributed by atoms with van der Waals surface area (Å²) in [7, 11) is 0. The van der Waals surface area contributed by atoms with Gasteiger partial charge in [-0.25, -0.2) is 9.97 Å². The van der Waals surface area contributed by atoms with Crippen LogP contribution in [0, 0.1) is 6.92 Å². The summed E-state index contributed by atoms with van der Waals surface area (Å²) in [5.74, 6) is 1.18. The number of carbonyl (C=O) groups is 1. The Balaban J connectivity index is 1.42. The number of aromatic amines is 1. The van der Waals surface area contributed by atoms with Crippen LogP contribution in [-0.4, -0.2) is 20.9 Å². The van der Waals surface area contributed by atoms with Gasteiger partial charge < -0.3 is 15.0 Å². The minimum atomic E-state index is -0.248. The molecule has 2 aromatic heterocycles. The van der Waals surface area contributed by atoms with Gasteiger partial charge in [-0.15, -0.1) is 11.3 Å². The molecule has 0 fully saturated rings. The van der Waals surface area contributed by atoms with Crippen molar-refractivity contribution in [1.29, 1.82) is 0 Å². The zero-order valence-corrected chi connectivity index (χ0v) is 16.4. The van der Waals surface area contributed by atoms with E-state index in [0.29, 0.717) is 17.9 Å². The van der Waals surface area contributed by atoms with E-state index in [1.807, 2.05) is 55.6 Å². The number of ether oxygens (including phenoxy) is 1. The second-order valence-corrected chi connectivity index (χ2v) is 7.57. The number of para-hydroxylation sites is 2. The maximum Gasteiger partial charge on any atom is 0.251 e. The average molecular weight is 392 g/mol. The molecule has 4 rings (SSSR count). The van der Waals surface area contributed by atoms with E-state index < -0.39 is 0 Å². The van der Waals surface area contributed by atoms with Crippen molar-refractivity contribution < 1.29 is 9.53 Å². The highest BCUT2D eigenvalue weighted by molar-refractivity contribution is 7.09. The number of imidazole rings is 1. The number of rotatable bonds is 6. The van der Waals surface area contributed by atoms with Crippen LogP contribution in [0.5, 0.6) is 5.75 Å². The molecule has 0 bridgehead atoms. The monoisotopic (exact) mass is 392 g/mol. The van der Waals surface area contributed by atoms with E-state index in [9.17, 15) is 4.79 Å². The SMILES string of the molecule is Cc1nc(COc2cccc(C(=O)NC(C)c3nc4ccccc4[nH]3)c2)cs1. The van der Waals surface area contributed by atoms with Crippen molar-refractivity contribution in [2.45, 2.75) is 26.5 Å². The van der Waals surface area contributed by atoms with Crippen molar-refractivity contribution >= 4 is 28.3 Å². The lowest BCUT2D eigenvalue weighted by Crippen LogP contribution is -2.27. The molecule has 0 saturated heterocycles. The molecule has 0 aliphatic carbocycles. The molecule has 2 heterocycles. The van der Waals surface area contributed by atoms with E-state index in [2.05, 4.69) is 20.3 Å². The van der Waals surface area contributed by atoms with Gasteiger partial charge in [0.05, 0.1) is 27.8 Å². The first-order chi connectivity index (χ1) is 13.6. The summed E-state index contributed by atoms with van der Waals surface area (Å²) in [5.41, 5.74) is 3.25. The Morgan fingerprint density at radius 2 is 2.07 bits per heavy atom. The van der Waals surface area contributed by atoms with Crippen LogP contribution < -0.4 is 10.1 Å². The predicted molar refractivity (Wildman–Crippen MR) is 110 cm³/mol. The molecule has 7 heteroatoms. The van der Waals surface area contributed by atoms with E-state index >= 15 is 0 Å². The van der Waals surface area contributed by atoms with Gasteiger partial charge in [-0.3, -0.25) is 4.79 Å². The Bertz CT molecular complexity index is 1090. The average Bonchev–Trinajstić information content (AvgIpc) is 3.32. The maximum atomic E-state index is 12.7. The lowest BCUT2D eigenvalue weighted by molar-refractivity contribution is 0.0938. The summed E-state index contributed by atoms with van der Waals surface area (Å²) in [6.45, 7) is 4.24. The van der Waals surface area contributed by atoms with Gasteiger partial charge >= 0.3 is 0 Å². The summed E-state index contributed by atoms with van der Waals surface area (Å²) < 4.78 is 5.77. The first-order valence-electron chi connectivity index (χ1n) is 8.98. The van der Waals surface area contributed by atoms with Gasteiger partial charge in [0.1, 0.15) is 18.2 Å². The van der Waals surface area contributed by atoms with Crippen molar-refractivity contribution in [2.75, 3.05) is 0 Å². The van der Waals surface area contributed by atoms with Crippen LogP contribution in [0.4, 0.5) is 0 Å². The first kappa shape index (κ1) is 18.2. The zero-order chi connectivity index (χ0) is 19.5. The molecule has 142 valence electrons. The van der Waals surface area contributed by atoms with Crippen LogP contribution >= 0.6 is 11.3 Å². The van der Waals surface area contributed by atoms with Gasteiger partial charge in [-0.05, 0) is 44.2 Å². The summed E-state index contributed by atoms with van der Waals surface area (Å²) in [5, 5.41) is 5.96. The lowest BCUT2D eigenvalue weighted by Gasteiger charge is -2.12. The first-order valence-corrected chi connectivity index (χ1v) is 9.86. The highest BCUT2D eigenvalue weighted by Crippen LogP contribution is 2.19. The Kier molecular flexibility index (Phi) is 5.08. The van der Waals surface area contributed by atoms with Gasteiger partial charge in [-0.2, -0.15) is 0 Å².